The fourth-order valence-corrected chi connectivity index (χ4v) is 4.82. The van der Waals surface area contributed by atoms with E-state index in [-0.39, 0.29) is 11.8 Å². The van der Waals surface area contributed by atoms with Gasteiger partial charge < -0.3 is 5.32 Å². The lowest BCUT2D eigenvalue weighted by Gasteiger charge is -2.15. The number of nitrogens with one attached hydrogen (secondary N) is 1. The quantitative estimate of drug-likeness (QED) is 0.535. The van der Waals surface area contributed by atoms with Crippen LogP contribution in [0.2, 0.25) is 0 Å². The summed E-state index contributed by atoms with van der Waals surface area (Å²) in [4.78, 5) is 25.9. The molecule has 4 rings (SSSR count). The van der Waals surface area contributed by atoms with Gasteiger partial charge in [-0.05, 0) is 68.0 Å². The van der Waals surface area contributed by atoms with E-state index in [0.29, 0.717) is 12.2 Å². The molecule has 0 fully saturated rings. The SMILES string of the molecule is CCCC(=O)Nc1ccc(SCC(=O)n2c3c(c4ccccc42)CCCC3)cc1. The third-order valence-electron chi connectivity index (χ3n) is 5.41. The van der Waals surface area contributed by atoms with E-state index in [1.165, 1.54) is 23.1 Å². The van der Waals surface area contributed by atoms with Crippen LogP contribution in [-0.2, 0) is 17.6 Å². The van der Waals surface area contributed by atoms with Crippen molar-refractivity contribution in [2.45, 2.75) is 50.3 Å². The molecule has 1 aliphatic carbocycles. The predicted molar refractivity (Wildman–Crippen MR) is 120 cm³/mol. The maximum absolute atomic E-state index is 13.1. The van der Waals surface area contributed by atoms with Crippen molar-refractivity contribution >= 4 is 40.2 Å². The number of aryl methyl sites for hydroxylation is 1. The molecule has 2 aromatic carbocycles. The largest absolute Gasteiger partial charge is 0.326 e. The Morgan fingerprint density at radius 2 is 1.79 bits per heavy atom. The number of thioether (sulfide) groups is 1. The molecule has 0 atom stereocenters. The molecule has 1 heterocycles. The van der Waals surface area contributed by atoms with Crippen molar-refractivity contribution in [1.29, 1.82) is 0 Å². The Morgan fingerprint density at radius 3 is 2.59 bits per heavy atom. The van der Waals surface area contributed by atoms with E-state index in [1.807, 2.05) is 41.8 Å². The second-order valence-electron chi connectivity index (χ2n) is 7.49. The molecule has 0 saturated heterocycles. The average Bonchev–Trinajstić information content (AvgIpc) is 3.08. The van der Waals surface area contributed by atoms with E-state index >= 15 is 0 Å². The minimum atomic E-state index is 0.0346. The number of amides is 1. The van der Waals surface area contributed by atoms with E-state index < -0.39 is 0 Å². The zero-order valence-electron chi connectivity index (χ0n) is 16.7. The van der Waals surface area contributed by atoms with Crippen molar-refractivity contribution in [3.8, 4) is 0 Å². The number of carbonyl (C=O) groups is 2. The van der Waals surface area contributed by atoms with Crippen LogP contribution in [0.3, 0.4) is 0 Å². The normalized spacial score (nSPS) is 13.3. The Kier molecular flexibility index (Phi) is 6.05. The van der Waals surface area contributed by atoms with Crippen LogP contribution in [0.1, 0.15) is 48.7 Å². The smallest absolute Gasteiger partial charge is 0.241 e. The predicted octanol–water partition coefficient (Wildman–Crippen LogP) is 5.69. The fraction of sp³-hybridized carbons (Fsp3) is 0.333. The number of nitrogens with zero attached hydrogens (tertiary/aromatic N) is 1. The van der Waals surface area contributed by atoms with Crippen LogP contribution in [0.4, 0.5) is 5.69 Å². The molecule has 1 N–H and O–H groups in total. The van der Waals surface area contributed by atoms with Gasteiger partial charge in [0.25, 0.3) is 0 Å². The van der Waals surface area contributed by atoms with Gasteiger partial charge in [0.05, 0.1) is 11.3 Å². The highest BCUT2D eigenvalue weighted by molar-refractivity contribution is 8.00. The van der Waals surface area contributed by atoms with E-state index in [4.69, 9.17) is 0 Å². The summed E-state index contributed by atoms with van der Waals surface area (Å²) in [5.41, 5.74) is 4.40. The molecule has 0 saturated carbocycles. The monoisotopic (exact) mass is 406 g/mol. The van der Waals surface area contributed by atoms with Crippen molar-refractivity contribution in [3.05, 3.63) is 59.8 Å². The maximum atomic E-state index is 13.1. The number of para-hydroxylation sites is 1. The second kappa shape index (κ2) is 8.87. The third-order valence-corrected chi connectivity index (χ3v) is 6.40. The first kappa shape index (κ1) is 19.8. The van der Waals surface area contributed by atoms with Crippen molar-refractivity contribution in [2.75, 3.05) is 11.1 Å². The molecule has 0 unspecified atom stereocenters. The molecule has 1 aliphatic rings. The third kappa shape index (κ3) is 4.25. The molecule has 1 aromatic heterocycles. The summed E-state index contributed by atoms with van der Waals surface area (Å²) >= 11 is 1.54. The van der Waals surface area contributed by atoms with Crippen LogP contribution in [0.15, 0.2) is 53.4 Å². The maximum Gasteiger partial charge on any atom is 0.241 e. The zero-order chi connectivity index (χ0) is 20.2. The van der Waals surface area contributed by atoms with Crippen LogP contribution in [0, 0.1) is 0 Å². The number of anilines is 1. The molecule has 0 radical (unpaired) electrons. The summed E-state index contributed by atoms with van der Waals surface area (Å²) in [6.07, 6.45) is 5.75. The molecule has 29 heavy (non-hydrogen) atoms. The van der Waals surface area contributed by atoms with Crippen LogP contribution < -0.4 is 5.32 Å². The van der Waals surface area contributed by atoms with Crippen molar-refractivity contribution in [2.24, 2.45) is 0 Å². The number of benzene rings is 2. The van der Waals surface area contributed by atoms with Gasteiger partial charge in [0, 0.05) is 28.1 Å². The highest BCUT2D eigenvalue weighted by atomic mass is 32.2. The van der Waals surface area contributed by atoms with Crippen LogP contribution in [0.5, 0.6) is 0 Å². The van der Waals surface area contributed by atoms with E-state index in [1.54, 1.807) is 11.8 Å². The number of carbonyl (C=O) groups excluding carboxylic acids is 2. The van der Waals surface area contributed by atoms with Gasteiger partial charge in [0.15, 0.2) is 0 Å². The average molecular weight is 407 g/mol. The Hall–Kier alpha value is -2.53. The van der Waals surface area contributed by atoms with Gasteiger partial charge in [-0.15, -0.1) is 11.8 Å². The number of hydrogen-bond donors (Lipinski definition) is 1. The second-order valence-corrected chi connectivity index (χ2v) is 8.54. The van der Waals surface area contributed by atoms with E-state index in [0.717, 1.165) is 41.8 Å². The highest BCUT2D eigenvalue weighted by Crippen LogP contribution is 2.32. The van der Waals surface area contributed by atoms with Crippen LogP contribution in [-0.4, -0.2) is 22.1 Å². The van der Waals surface area contributed by atoms with E-state index in [2.05, 4.69) is 23.5 Å². The number of rotatable bonds is 6. The Labute approximate surface area is 175 Å². The van der Waals surface area contributed by atoms with Crippen molar-refractivity contribution in [3.63, 3.8) is 0 Å². The summed E-state index contributed by atoms with van der Waals surface area (Å²) in [7, 11) is 0. The summed E-state index contributed by atoms with van der Waals surface area (Å²) in [5.74, 6) is 0.564. The van der Waals surface area contributed by atoms with Gasteiger partial charge in [0.1, 0.15) is 0 Å². The van der Waals surface area contributed by atoms with Gasteiger partial charge in [-0.2, -0.15) is 0 Å². The number of aromatic nitrogens is 1. The topological polar surface area (TPSA) is 51.1 Å². The van der Waals surface area contributed by atoms with Gasteiger partial charge in [-0.3, -0.25) is 14.2 Å². The van der Waals surface area contributed by atoms with Crippen molar-refractivity contribution < 1.29 is 9.59 Å². The van der Waals surface area contributed by atoms with Gasteiger partial charge in [-0.1, -0.05) is 25.1 Å². The van der Waals surface area contributed by atoms with Crippen molar-refractivity contribution in [1.82, 2.24) is 4.57 Å². The lowest BCUT2D eigenvalue weighted by molar-refractivity contribution is -0.116. The molecular formula is C24H26N2O2S. The lowest BCUT2D eigenvalue weighted by Crippen LogP contribution is -2.18. The van der Waals surface area contributed by atoms with Gasteiger partial charge in [-0.25, -0.2) is 0 Å². The summed E-state index contributed by atoms with van der Waals surface area (Å²) in [6, 6.07) is 16.0. The molecule has 4 nitrogen and oxygen atoms in total. The van der Waals surface area contributed by atoms with Gasteiger partial charge in [0.2, 0.25) is 11.8 Å². The first-order valence-electron chi connectivity index (χ1n) is 10.3. The van der Waals surface area contributed by atoms with Crippen LogP contribution >= 0.6 is 11.8 Å². The fourth-order valence-electron chi connectivity index (χ4n) is 4.08. The molecule has 1 amide bonds. The molecule has 0 aliphatic heterocycles. The lowest BCUT2D eigenvalue weighted by atomic mass is 9.96. The molecule has 0 bridgehead atoms. The standard InChI is InChI=1S/C24H26N2O2S/c1-2-7-23(27)25-17-12-14-18(15-13-17)29-16-24(28)26-21-10-5-3-8-19(21)20-9-4-6-11-22(20)26/h3,5,8,10,12-15H,2,4,6-7,9,11,16H2,1H3,(H,25,27). The number of fused-ring (bicyclic) bond motifs is 3. The summed E-state index contributed by atoms with van der Waals surface area (Å²) < 4.78 is 1.95. The Balaban J connectivity index is 1.47. The first-order valence-corrected chi connectivity index (χ1v) is 11.3. The first-order chi connectivity index (χ1) is 14.2. The Morgan fingerprint density at radius 1 is 1.03 bits per heavy atom. The summed E-state index contributed by atoms with van der Waals surface area (Å²) in [6.45, 7) is 1.99. The molecule has 0 spiro atoms. The zero-order valence-corrected chi connectivity index (χ0v) is 17.6. The highest BCUT2D eigenvalue weighted by Gasteiger charge is 2.23. The molecule has 3 aromatic rings. The minimum absolute atomic E-state index is 0.0346. The van der Waals surface area contributed by atoms with Gasteiger partial charge >= 0.3 is 0 Å². The Bertz CT molecular complexity index is 1040. The summed E-state index contributed by atoms with van der Waals surface area (Å²) in [5, 5.41) is 4.12. The minimum Gasteiger partial charge on any atom is -0.326 e. The molecule has 150 valence electrons. The van der Waals surface area contributed by atoms with E-state index in [9.17, 15) is 9.59 Å². The molecular weight excluding hydrogens is 380 g/mol. The van der Waals surface area contributed by atoms with Crippen LogP contribution in [0.25, 0.3) is 10.9 Å². The number of hydrogen-bond acceptors (Lipinski definition) is 3. The molecule has 5 heteroatoms.